The van der Waals surface area contributed by atoms with Crippen molar-refractivity contribution in [2.75, 3.05) is 6.54 Å². The summed E-state index contributed by atoms with van der Waals surface area (Å²) in [6, 6.07) is 28.0. The largest absolute Gasteiger partial charge is 0.343 e. The van der Waals surface area contributed by atoms with Crippen molar-refractivity contribution < 1.29 is 19.2 Å². The van der Waals surface area contributed by atoms with Crippen molar-refractivity contribution in [1.29, 1.82) is 0 Å². The van der Waals surface area contributed by atoms with Gasteiger partial charge in [-0.3, -0.25) is 24.1 Å². The van der Waals surface area contributed by atoms with E-state index < -0.39 is 42.3 Å². The van der Waals surface area contributed by atoms with E-state index in [0.29, 0.717) is 10.6 Å². The van der Waals surface area contributed by atoms with Gasteiger partial charge in [-0.1, -0.05) is 102 Å². The Hall–Kier alpha value is -4.46. The van der Waals surface area contributed by atoms with Crippen LogP contribution in [0.3, 0.4) is 0 Å². The molecule has 0 aliphatic carbocycles. The van der Waals surface area contributed by atoms with E-state index >= 15 is 0 Å². The van der Waals surface area contributed by atoms with Crippen molar-refractivity contribution in [3.05, 3.63) is 141 Å². The molecule has 5 rings (SSSR count). The van der Waals surface area contributed by atoms with Gasteiger partial charge in [0.15, 0.2) is 0 Å². The fraction of sp³-hybridized carbons (Fsp3) is 0.0968. The second-order valence-electron chi connectivity index (χ2n) is 9.17. The summed E-state index contributed by atoms with van der Waals surface area (Å²) in [6.07, 6.45) is 0. The van der Waals surface area contributed by atoms with Crippen molar-refractivity contribution >= 4 is 46.8 Å². The van der Waals surface area contributed by atoms with Crippen LogP contribution in [0.2, 0.25) is 10.0 Å². The molecule has 0 spiro atoms. The molecule has 0 radical (unpaired) electrons. The highest BCUT2D eigenvalue weighted by Crippen LogP contribution is 2.29. The number of imide groups is 1. The minimum Gasteiger partial charge on any atom is -0.343 e. The number of hydrogen-bond acceptors (Lipinski definition) is 4. The third kappa shape index (κ3) is 5.61. The standard InChI is InChI=1S/C31H23Cl2N3O4/c32-21-15-16-24(25(33)17-21)28(34-26(37)18-36-30(39)22-13-7-8-14-23(22)31(36)40)29(38)35-27(19-9-3-1-4-10-19)20-11-5-2-6-12-20/h1-17,27-28H,18H2,(H,34,37)(H,35,38). The zero-order chi connectivity index (χ0) is 28.2. The van der Waals surface area contributed by atoms with Gasteiger partial charge in [0.2, 0.25) is 11.8 Å². The number of carbonyl (C=O) groups is 4. The first-order chi connectivity index (χ1) is 19.3. The lowest BCUT2D eigenvalue weighted by Crippen LogP contribution is -2.46. The Morgan fingerprint density at radius 3 is 1.75 bits per heavy atom. The van der Waals surface area contributed by atoms with E-state index in [-0.39, 0.29) is 16.1 Å². The molecule has 0 saturated carbocycles. The number of hydrogen-bond donors (Lipinski definition) is 2. The van der Waals surface area contributed by atoms with E-state index in [2.05, 4.69) is 10.6 Å². The van der Waals surface area contributed by atoms with Crippen molar-refractivity contribution in [2.24, 2.45) is 0 Å². The predicted molar refractivity (Wildman–Crippen MR) is 152 cm³/mol. The second kappa shape index (κ2) is 11.7. The van der Waals surface area contributed by atoms with E-state index in [4.69, 9.17) is 23.2 Å². The normalized spacial score (nSPS) is 13.2. The molecule has 1 unspecified atom stereocenters. The van der Waals surface area contributed by atoms with Crippen molar-refractivity contribution in [1.82, 2.24) is 15.5 Å². The zero-order valence-electron chi connectivity index (χ0n) is 21.0. The zero-order valence-corrected chi connectivity index (χ0v) is 22.5. The quantitative estimate of drug-likeness (QED) is 0.278. The lowest BCUT2D eigenvalue weighted by atomic mass is 9.97. The van der Waals surface area contributed by atoms with Crippen LogP contribution >= 0.6 is 23.2 Å². The number of rotatable bonds is 8. The van der Waals surface area contributed by atoms with Crippen LogP contribution in [0.4, 0.5) is 0 Å². The van der Waals surface area contributed by atoms with E-state index in [1.807, 2.05) is 60.7 Å². The van der Waals surface area contributed by atoms with Crippen molar-refractivity contribution in [3.8, 4) is 0 Å². The van der Waals surface area contributed by atoms with E-state index in [9.17, 15) is 19.2 Å². The number of fused-ring (bicyclic) bond motifs is 1. The van der Waals surface area contributed by atoms with Crippen LogP contribution < -0.4 is 10.6 Å². The lowest BCUT2D eigenvalue weighted by molar-refractivity contribution is -0.129. The molecule has 9 heteroatoms. The molecule has 2 N–H and O–H groups in total. The SMILES string of the molecule is O=C(CN1C(=O)c2ccccc2C1=O)NC(C(=O)NC(c1ccccc1)c1ccccc1)c1ccc(Cl)cc1Cl. The van der Waals surface area contributed by atoms with Crippen LogP contribution in [-0.2, 0) is 9.59 Å². The molecule has 7 nitrogen and oxygen atoms in total. The van der Waals surface area contributed by atoms with Crippen LogP contribution in [0, 0.1) is 0 Å². The maximum absolute atomic E-state index is 13.9. The van der Waals surface area contributed by atoms with Crippen molar-refractivity contribution in [2.45, 2.75) is 12.1 Å². The summed E-state index contributed by atoms with van der Waals surface area (Å²) >= 11 is 12.6. The molecule has 1 aliphatic heterocycles. The van der Waals surface area contributed by atoms with Gasteiger partial charge < -0.3 is 10.6 Å². The first-order valence-corrected chi connectivity index (χ1v) is 13.2. The smallest absolute Gasteiger partial charge is 0.262 e. The molecule has 4 amide bonds. The molecule has 0 fully saturated rings. The molecule has 4 aromatic rings. The molecule has 0 bridgehead atoms. The fourth-order valence-corrected chi connectivity index (χ4v) is 5.15. The van der Waals surface area contributed by atoms with Crippen molar-refractivity contribution in [3.63, 3.8) is 0 Å². The van der Waals surface area contributed by atoms with Crippen LogP contribution in [0.5, 0.6) is 0 Å². The lowest BCUT2D eigenvalue weighted by Gasteiger charge is -2.26. The first kappa shape index (κ1) is 27.1. The summed E-state index contributed by atoms with van der Waals surface area (Å²) in [5.41, 5.74) is 2.42. The van der Waals surface area contributed by atoms with Gasteiger partial charge in [-0.25, -0.2) is 0 Å². The highest BCUT2D eigenvalue weighted by atomic mass is 35.5. The molecule has 200 valence electrons. The number of amides is 4. The van der Waals surface area contributed by atoms with Gasteiger partial charge in [0.05, 0.1) is 17.2 Å². The van der Waals surface area contributed by atoms with Crippen LogP contribution in [0.1, 0.15) is 49.5 Å². The van der Waals surface area contributed by atoms with Crippen LogP contribution in [-0.4, -0.2) is 35.1 Å². The second-order valence-corrected chi connectivity index (χ2v) is 10.0. The number of carbonyl (C=O) groups excluding carboxylic acids is 4. The van der Waals surface area contributed by atoms with Gasteiger partial charge in [-0.05, 0) is 35.4 Å². The molecule has 0 saturated heterocycles. The summed E-state index contributed by atoms with van der Waals surface area (Å²) in [7, 11) is 0. The minimum absolute atomic E-state index is 0.171. The average Bonchev–Trinajstić information content (AvgIpc) is 3.20. The summed E-state index contributed by atoms with van der Waals surface area (Å²) < 4.78 is 0. The maximum Gasteiger partial charge on any atom is 0.262 e. The monoisotopic (exact) mass is 571 g/mol. The Bertz CT molecular complexity index is 1520. The average molecular weight is 572 g/mol. The van der Waals surface area contributed by atoms with Gasteiger partial charge in [-0.2, -0.15) is 0 Å². The predicted octanol–water partition coefficient (Wildman–Crippen LogP) is 5.35. The van der Waals surface area contributed by atoms with Gasteiger partial charge in [0.25, 0.3) is 11.8 Å². The molecule has 40 heavy (non-hydrogen) atoms. The maximum atomic E-state index is 13.9. The summed E-state index contributed by atoms with van der Waals surface area (Å²) in [5.74, 6) is -2.40. The van der Waals surface area contributed by atoms with Crippen LogP contribution in [0.25, 0.3) is 0 Å². The highest BCUT2D eigenvalue weighted by molar-refractivity contribution is 6.35. The minimum atomic E-state index is -1.25. The molecule has 1 heterocycles. The molecule has 4 aromatic carbocycles. The number of halogens is 2. The van der Waals surface area contributed by atoms with E-state index in [0.717, 1.165) is 16.0 Å². The summed E-state index contributed by atoms with van der Waals surface area (Å²) in [5, 5.41) is 6.23. The van der Waals surface area contributed by atoms with Crippen LogP contribution in [0.15, 0.2) is 103 Å². The Balaban J connectivity index is 1.43. The fourth-order valence-electron chi connectivity index (χ4n) is 4.63. The topological polar surface area (TPSA) is 95.6 Å². The Kier molecular flexibility index (Phi) is 7.96. The molecular formula is C31H23Cl2N3O4. The number of benzene rings is 4. The van der Waals surface area contributed by atoms with E-state index in [1.165, 1.54) is 18.2 Å². The Labute approximate surface area is 240 Å². The summed E-state index contributed by atoms with van der Waals surface area (Å²) in [6.45, 7) is -0.567. The molecule has 1 atom stereocenters. The van der Waals surface area contributed by atoms with Gasteiger partial charge in [-0.15, -0.1) is 0 Å². The molecule has 0 aromatic heterocycles. The third-order valence-electron chi connectivity index (χ3n) is 6.57. The third-order valence-corrected chi connectivity index (χ3v) is 7.14. The van der Waals surface area contributed by atoms with Gasteiger partial charge >= 0.3 is 0 Å². The molecular weight excluding hydrogens is 549 g/mol. The first-order valence-electron chi connectivity index (χ1n) is 12.4. The summed E-state index contributed by atoms with van der Waals surface area (Å²) in [4.78, 5) is 53.5. The number of nitrogens with zero attached hydrogens (tertiary/aromatic N) is 1. The molecule has 1 aliphatic rings. The highest BCUT2D eigenvalue weighted by Gasteiger charge is 2.37. The van der Waals surface area contributed by atoms with E-state index in [1.54, 1.807) is 24.3 Å². The number of nitrogens with one attached hydrogen (secondary N) is 2. The van der Waals surface area contributed by atoms with Gasteiger partial charge in [0.1, 0.15) is 12.6 Å². The Morgan fingerprint density at radius 2 is 1.23 bits per heavy atom. The van der Waals surface area contributed by atoms with Gasteiger partial charge in [0, 0.05) is 15.6 Å². The Morgan fingerprint density at radius 1 is 0.700 bits per heavy atom.